The molecule has 1 heterocycles. The molecular weight excluding hydrogens is 724 g/mol. The number of hydrogen-bond acceptors (Lipinski definition) is 10. The lowest BCUT2D eigenvalue weighted by atomic mass is 9.47. The molecule has 0 aromatic rings. The van der Waals surface area contributed by atoms with Crippen molar-refractivity contribution in [1.82, 2.24) is 0 Å². The largest absolute Gasteiger partial charge is 0.465 e. The van der Waals surface area contributed by atoms with Crippen LogP contribution < -0.4 is 0 Å². The predicted octanol–water partition coefficient (Wildman–Crippen LogP) is 4.05. The number of rotatable bonds is 10. The van der Waals surface area contributed by atoms with Crippen molar-refractivity contribution < 1.29 is 104 Å². The Kier molecular flexibility index (Phi) is 9.34. The van der Waals surface area contributed by atoms with Crippen molar-refractivity contribution in [3.63, 3.8) is 0 Å². The molecule has 2 atom stereocenters. The molecule has 1 N–H and O–H groups in total. The SMILES string of the molecule is O=C(OCC(F)(F)S(=O)(=O)O)C12CC3CC(C1)C1(OCC(COC(=O)C(F)(F)C(F)(F)F)(COC(=O)C(F)(F)C(F)(F)F)CO1)C(C3)C2. The van der Waals surface area contributed by atoms with E-state index < -0.39 is 119 Å². The van der Waals surface area contributed by atoms with E-state index in [1.54, 1.807) is 0 Å². The van der Waals surface area contributed by atoms with Crippen LogP contribution in [0.5, 0.6) is 0 Å². The van der Waals surface area contributed by atoms with Crippen molar-refractivity contribution in [2.45, 2.75) is 67.3 Å². The highest BCUT2D eigenvalue weighted by Gasteiger charge is 2.70. The molecule has 1 aliphatic heterocycles. The summed E-state index contributed by atoms with van der Waals surface area (Å²) < 4.78 is 212. The van der Waals surface area contributed by atoms with Gasteiger partial charge in [-0.05, 0) is 38.0 Å². The molecule has 4 aliphatic carbocycles. The molecule has 1 spiro atoms. The van der Waals surface area contributed by atoms with E-state index in [9.17, 15) is 75.5 Å². The summed E-state index contributed by atoms with van der Waals surface area (Å²) in [5.74, 6) is -23.5. The van der Waals surface area contributed by atoms with Crippen molar-refractivity contribution in [2.75, 3.05) is 33.0 Å². The molecule has 1 saturated heterocycles. The normalized spacial score (nSPS) is 28.6. The van der Waals surface area contributed by atoms with Crippen LogP contribution in [0, 0.1) is 28.6 Å². The van der Waals surface area contributed by atoms with Gasteiger partial charge < -0.3 is 23.7 Å². The molecule has 5 fully saturated rings. The Bertz CT molecular complexity index is 1340. The molecule has 2 unspecified atom stereocenters. The van der Waals surface area contributed by atoms with Crippen molar-refractivity contribution in [3.05, 3.63) is 0 Å². The van der Waals surface area contributed by atoms with Crippen LogP contribution in [-0.2, 0) is 48.2 Å². The lowest BCUT2D eigenvalue weighted by Gasteiger charge is -2.64. The summed E-state index contributed by atoms with van der Waals surface area (Å²) >= 11 is 0. The monoisotopic (exact) mass is 748 g/mol. The Morgan fingerprint density at radius 3 is 1.50 bits per heavy atom. The third-order valence-corrected chi connectivity index (χ3v) is 9.83. The molecule has 24 heteroatoms. The average molecular weight is 748 g/mol. The van der Waals surface area contributed by atoms with Gasteiger partial charge in [0.2, 0.25) is 0 Å². The van der Waals surface area contributed by atoms with Gasteiger partial charge in [-0.25, -0.2) is 9.59 Å². The van der Waals surface area contributed by atoms with Gasteiger partial charge in [-0.3, -0.25) is 9.35 Å². The molecule has 5 aliphatic rings. The molecule has 5 rings (SSSR count). The highest BCUT2D eigenvalue weighted by atomic mass is 32.2. The number of esters is 3. The lowest BCUT2D eigenvalue weighted by Crippen LogP contribution is -2.68. The summed E-state index contributed by atoms with van der Waals surface area (Å²) in [7, 11) is -5.95. The first-order valence-electron chi connectivity index (χ1n) is 13.6. The zero-order valence-corrected chi connectivity index (χ0v) is 24.6. The summed E-state index contributed by atoms with van der Waals surface area (Å²) in [5.41, 5.74) is -3.91. The molecule has 4 saturated carbocycles. The van der Waals surface area contributed by atoms with Crippen LogP contribution in [0.25, 0.3) is 0 Å². The van der Waals surface area contributed by atoms with Crippen LogP contribution in [-0.4, -0.2) is 99.2 Å². The second-order valence-corrected chi connectivity index (χ2v) is 14.0. The van der Waals surface area contributed by atoms with Crippen LogP contribution in [0.3, 0.4) is 0 Å². The van der Waals surface area contributed by atoms with Gasteiger partial charge in [-0.15, -0.1) is 0 Å². The second-order valence-electron chi connectivity index (χ2n) is 12.4. The zero-order chi connectivity index (χ0) is 36.6. The minimum atomic E-state index is -6.46. The fourth-order valence-electron chi connectivity index (χ4n) is 6.70. The number of carbonyl (C=O) groups is 3. The van der Waals surface area contributed by atoms with E-state index in [2.05, 4.69) is 14.2 Å². The molecular formula is C24H24F12O11S. The van der Waals surface area contributed by atoms with Crippen molar-refractivity contribution >= 4 is 28.0 Å². The first-order valence-corrected chi connectivity index (χ1v) is 15.0. The Morgan fingerprint density at radius 1 is 0.708 bits per heavy atom. The standard InChI is InChI=1S/C24H24F12O11S/c25-19(26,48(40,41)42)10-45-14(37)18-3-11-1-12(4-18)20(13(2-11)5-18)46-8-17(9-47-20,6-43-15(38)21(27,28)23(31,32)33)7-44-16(39)22(29,30)24(34,35)36/h11-13H,1-10H2,(H,40,41,42). The first-order chi connectivity index (χ1) is 21.5. The average Bonchev–Trinajstić information content (AvgIpc) is 2.94. The van der Waals surface area contributed by atoms with E-state index in [-0.39, 0.29) is 38.0 Å². The van der Waals surface area contributed by atoms with Crippen LogP contribution >= 0.6 is 0 Å². The molecule has 0 amide bonds. The molecule has 0 aromatic heterocycles. The summed E-state index contributed by atoms with van der Waals surface area (Å²) in [6, 6.07) is 0. The smallest absolute Gasteiger partial charge is 0.460 e. The zero-order valence-electron chi connectivity index (χ0n) is 23.8. The van der Waals surface area contributed by atoms with Gasteiger partial charge in [-0.1, -0.05) is 0 Å². The molecule has 11 nitrogen and oxygen atoms in total. The fraction of sp³-hybridized carbons (Fsp3) is 0.875. The second kappa shape index (κ2) is 11.7. The third kappa shape index (κ3) is 6.52. The molecule has 0 aromatic carbocycles. The quantitative estimate of drug-likeness (QED) is 0.149. The van der Waals surface area contributed by atoms with E-state index in [1.165, 1.54) is 0 Å². The fourth-order valence-corrected chi connectivity index (χ4v) is 6.91. The van der Waals surface area contributed by atoms with Crippen LogP contribution in [0.1, 0.15) is 32.1 Å². The number of ether oxygens (including phenoxy) is 5. The van der Waals surface area contributed by atoms with Gasteiger partial charge in [0.05, 0.1) is 24.0 Å². The lowest BCUT2D eigenvalue weighted by molar-refractivity contribution is -0.391. The highest BCUT2D eigenvalue weighted by molar-refractivity contribution is 7.86. The van der Waals surface area contributed by atoms with Crippen molar-refractivity contribution in [3.8, 4) is 0 Å². The topological polar surface area (TPSA) is 152 Å². The Hall–Kier alpha value is -2.60. The van der Waals surface area contributed by atoms with Gasteiger partial charge in [0, 0.05) is 11.8 Å². The van der Waals surface area contributed by atoms with E-state index in [4.69, 9.17) is 14.0 Å². The maximum atomic E-state index is 13.7. The van der Waals surface area contributed by atoms with Gasteiger partial charge in [0.1, 0.15) is 13.2 Å². The van der Waals surface area contributed by atoms with Crippen molar-refractivity contribution in [2.24, 2.45) is 28.6 Å². The highest BCUT2D eigenvalue weighted by Crippen LogP contribution is 2.66. The maximum absolute atomic E-state index is 13.7. The van der Waals surface area contributed by atoms with Gasteiger partial charge in [0.15, 0.2) is 12.4 Å². The summed E-state index contributed by atoms with van der Waals surface area (Å²) in [5, 5.41) is -4.84. The molecule has 4 bridgehead atoms. The number of halogens is 12. The number of hydrogen-bond donors (Lipinski definition) is 1. The molecule has 0 radical (unpaired) electrons. The van der Waals surface area contributed by atoms with Crippen LogP contribution in [0.4, 0.5) is 52.7 Å². The van der Waals surface area contributed by atoms with E-state index >= 15 is 0 Å². The first kappa shape index (κ1) is 38.2. The maximum Gasteiger partial charge on any atom is 0.465 e. The molecule has 276 valence electrons. The third-order valence-electron chi connectivity index (χ3n) is 8.96. The predicted molar refractivity (Wildman–Crippen MR) is 124 cm³/mol. The van der Waals surface area contributed by atoms with E-state index in [1.807, 2.05) is 0 Å². The van der Waals surface area contributed by atoms with E-state index in [0.29, 0.717) is 0 Å². The minimum absolute atomic E-state index is 0.0863. The Morgan fingerprint density at radius 2 is 1.12 bits per heavy atom. The van der Waals surface area contributed by atoms with Gasteiger partial charge in [-0.2, -0.15) is 61.1 Å². The van der Waals surface area contributed by atoms with Crippen molar-refractivity contribution in [1.29, 1.82) is 0 Å². The minimum Gasteiger partial charge on any atom is -0.460 e. The molecule has 48 heavy (non-hydrogen) atoms. The van der Waals surface area contributed by atoms with Gasteiger partial charge >= 0.3 is 57.5 Å². The number of alkyl halides is 12. The van der Waals surface area contributed by atoms with E-state index in [0.717, 1.165) is 0 Å². The summed E-state index contributed by atoms with van der Waals surface area (Å²) in [4.78, 5) is 36.2. The van der Waals surface area contributed by atoms with Gasteiger partial charge in [0.25, 0.3) is 0 Å². The summed E-state index contributed by atoms with van der Waals surface area (Å²) in [6.07, 6.45) is -12.8. The van der Waals surface area contributed by atoms with Crippen LogP contribution in [0.15, 0.2) is 0 Å². The number of carbonyl (C=O) groups excluding carboxylic acids is 3. The Balaban J connectivity index is 1.52. The summed E-state index contributed by atoms with van der Waals surface area (Å²) in [6.45, 7) is -7.31. The van der Waals surface area contributed by atoms with Crippen LogP contribution in [0.2, 0.25) is 0 Å². The Labute approximate surface area is 261 Å².